The number of H-pyrrole nitrogens is 4. The molecule has 0 bridgehead atoms. The predicted octanol–water partition coefficient (Wildman–Crippen LogP) is 16.3. The molecule has 2 unspecified atom stereocenters. The molecular formula is C75H85Cl4F15N24O6. The number of hydrogen-bond donors (Lipinski definition) is 10. The lowest BCUT2D eigenvalue weighted by atomic mass is 9.97. The van der Waals surface area contributed by atoms with Gasteiger partial charge in [0.1, 0.15) is 77.7 Å². The van der Waals surface area contributed by atoms with Gasteiger partial charge in [-0.25, -0.2) is 73.0 Å². The minimum Gasteiger partial charge on any atom is -0.380 e. The summed E-state index contributed by atoms with van der Waals surface area (Å²) in [7, 11) is 1.41. The molecule has 49 heteroatoms. The first-order valence-electron chi connectivity index (χ1n) is 37.0. The van der Waals surface area contributed by atoms with Crippen LogP contribution in [0.15, 0.2) is 105 Å². The van der Waals surface area contributed by atoms with Crippen molar-refractivity contribution < 1.29 is 104 Å². The molecule has 0 saturated carbocycles. The van der Waals surface area contributed by atoms with Crippen molar-refractivity contribution in [3.63, 3.8) is 0 Å². The number of alkyl halides is 12. The molecule has 10 N–H and O–H groups in total. The van der Waals surface area contributed by atoms with Crippen molar-refractivity contribution in [3.05, 3.63) is 142 Å². The molecular weight excluding hydrogens is 1760 g/mol. The van der Waals surface area contributed by atoms with Crippen LogP contribution in [0.2, 0.25) is 20.1 Å². The van der Waals surface area contributed by atoms with Gasteiger partial charge in [0.15, 0.2) is 58.2 Å². The first-order valence-corrected chi connectivity index (χ1v) is 38.5. The van der Waals surface area contributed by atoms with E-state index in [0.717, 1.165) is 24.0 Å². The standard InChI is InChI=1S/C20H19ClF4N6O2.C19H17ClF4N6O2.C18H17ClF4N6O.C18H18ClF3N6O.7H2/c1-2-33-11-4-15(19(32)29-9-20(23,24)25)31(8-11)18-14(22)7-28-17(30-18)13-6-27-16-12(13)3-10(21)5-26-16;1-32-10-3-14(18(31)28-8-19(22,23)24)30(7-10)17-13(21)6-27-16(29-17)12-5-26-15-11(12)2-9(20)4-25-15;1-3-17(2,16(30)27-8-18(21,22)23)29-15-12(20)7-26-14(28-15)11-6-25-13-10(11)4-9(19)5-24-13;1-3-17(2,16(29)26-9-18(20,21)22)28-13-4-5-23-15(27-13)12-8-25-14-11(12)6-10(19)7-24-14;;;;;;;/h3,5-7,11,15H,2,4,8-9H2,1H3,(H,26,27)(H,29,32);2,4-6,10,14H,3,7-8H2,1H3,(H,25,26)(H,28,31);4-7H,3,8H2,1-2H3,(H,24,25)(H,27,30)(H,26,28,29);4-8H,3,9H2,1-2H3,(H,24,25)(H,26,29)(H,23,27,28);7*1H/t11?,15-;10?,14-;2*17-;;;;;;;/m1011......./s1. The zero-order valence-electron chi connectivity index (χ0n) is 65.3. The molecule has 0 radical (unpaired) electrons. The number of amides is 4. The van der Waals surface area contributed by atoms with E-state index in [0.29, 0.717) is 99.3 Å². The largest absolute Gasteiger partial charge is 0.405 e. The molecule has 12 aromatic rings. The molecule has 14 rings (SSSR count). The van der Waals surface area contributed by atoms with Crippen LogP contribution < -0.4 is 41.7 Å². The Labute approximate surface area is 721 Å². The molecule has 2 fully saturated rings. The fourth-order valence-electron chi connectivity index (χ4n) is 12.8. The van der Waals surface area contributed by atoms with Gasteiger partial charge < -0.3 is 71.1 Å². The van der Waals surface area contributed by atoms with Crippen LogP contribution in [-0.2, 0) is 28.7 Å². The van der Waals surface area contributed by atoms with Crippen molar-refractivity contribution in [3.8, 4) is 45.6 Å². The number of hydrogen-bond acceptors (Lipinski definition) is 22. The van der Waals surface area contributed by atoms with Crippen LogP contribution in [0, 0.1) is 17.5 Å². The Hall–Kier alpha value is -11.8. The number of aromatic nitrogens is 16. The number of nitrogens with zero attached hydrogens (tertiary/aromatic N) is 14. The van der Waals surface area contributed by atoms with Crippen LogP contribution in [0.25, 0.3) is 89.7 Å². The molecule has 14 heterocycles. The Morgan fingerprint density at radius 2 is 0.798 bits per heavy atom. The second-order valence-electron chi connectivity index (χ2n) is 28.0. The maximum Gasteiger partial charge on any atom is 0.405 e. The fraction of sp³-hybridized carbons (Fsp3) is 0.360. The molecule has 4 amide bonds. The van der Waals surface area contributed by atoms with E-state index in [1.807, 2.05) is 16.0 Å². The highest BCUT2D eigenvalue weighted by molar-refractivity contribution is 6.32. The summed E-state index contributed by atoms with van der Waals surface area (Å²) in [6.07, 6.45) is -2.10. The number of rotatable bonds is 23. The molecule has 0 aliphatic carbocycles. The van der Waals surface area contributed by atoms with Gasteiger partial charge in [0.2, 0.25) is 23.6 Å². The second-order valence-corrected chi connectivity index (χ2v) is 29.8. The molecule has 2 aliphatic rings. The first kappa shape index (κ1) is 92.9. The van der Waals surface area contributed by atoms with Gasteiger partial charge in [-0.15, -0.1) is 0 Å². The lowest BCUT2D eigenvalue weighted by Crippen LogP contribution is -2.52. The van der Waals surface area contributed by atoms with Crippen molar-refractivity contribution in [2.75, 3.05) is 73.4 Å². The van der Waals surface area contributed by atoms with E-state index in [-0.39, 0.29) is 83.7 Å². The molecule has 12 aromatic heterocycles. The normalized spacial score (nSPS) is 16.5. The molecule has 674 valence electrons. The van der Waals surface area contributed by atoms with Gasteiger partial charge in [0.05, 0.1) is 50.9 Å². The van der Waals surface area contributed by atoms with Crippen LogP contribution in [0.3, 0.4) is 0 Å². The van der Waals surface area contributed by atoms with Gasteiger partial charge in [0.25, 0.3) is 0 Å². The molecule has 30 nitrogen and oxygen atoms in total. The summed E-state index contributed by atoms with van der Waals surface area (Å²) < 4.78 is 205. The third kappa shape index (κ3) is 23.2. The number of anilines is 4. The average Bonchev–Trinajstić information content (AvgIpc) is 1.69. The number of halogens is 19. The Bertz CT molecular complexity index is 5880. The zero-order valence-corrected chi connectivity index (χ0v) is 68.3. The number of methoxy groups -OCH3 is 1. The third-order valence-electron chi connectivity index (χ3n) is 19.3. The van der Waals surface area contributed by atoms with Crippen molar-refractivity contribution in [2.45, 2.75) is 120 Å². The highest BCUT2D eigenvalue weighted by Crippen LogP contribution is 2.38. The highest BCUT2D eigenvalue weighted by Gasteiger charge is 2.44. The summed E-state index contributed by atoms with van der Waals surface area (Å²) in [5, 5.41) is 17.1. The highest BCUT2D eigenvalue weighted by atomic mass is 35.5. The van der Waals surface area contributed by atoms with E-state index >= 15 is 0 Å². The molecule has 0 spiro atoms. The minimum atomic E-state index is -4.57. The lowest BCUT2D eigenvalue weighted by Gasteiger charge is -2.29. The quantitative estimate of drug-likeness (QED) is 0.0266. The third-order valence-corrected chi connectivity index (χ3v) is 20.1. The average molecular weight is 1850 g/mol. The first-order chi connectivity index (χ1) is 58.4. The van der Waals surface area contributed by atoms with Crippen molar-refractivity contribution in [1.82, 2.24) is 101 Å². The monoisotopic (exact) mass is 1840 g/mol. The molecule has 2 saturated heterocycles. The van der Waals surface area contributed by atoms with E-state index in [2.05, 4.69) is 90.4 Å². The Kier molecular flexibility index (Phi) is 28.9. The minimum absolute atomic E-state index is 0. The lowest BCUT2D eigenvalue weighted by molar-refractivity contribution is -0.140. The van der Waals surface area contributed by atoms with Crippen molar-refractivity contribution in [1.29, 1.82) is 0 Å². The molecule has 2 aliphatic heterocycles. The summed E-state index contributed by atoms with van der Waals surface area (Å²) in [6.45, 7) is 2.47. The van der Waals surface area contributed by atoms with E-state index in [1.165, 1.54) is 67.8 Å². The van der Waals surface area contributed by atoms with Crippen LogP contribution in [0.4, 0.5) is 89.1 Å². The van der Waals surface area contributed by atoms with E-state index in [4.69, 9.17) is 55.9 Å². The summed E-state index contributed by atoms with van der Waals surface area (Å²) in [6, 6.07) is 5.99. The Balaban J connectivity index is 0.000000360. The van der Waals surface area contributed by atoms with Gasteiger partial charge >= 0.3 is 24.7 Å². The summed E-state index contributed by atoms with van der Waals surface area (Å²) in [4.78, 5) is 114. The summed E-state index contributed by atoms with van der Waals surface area (Å²) in [5.74, 6) is -5.74. The summed E-state index contributed by atoms with van der Waals surface area (Å²) in [5.41, 5.74) is 1.47. The zero-order chi connectivity index (χ0) is 90.1. The van der Waals surface area contributed by atoms with Gasteiger partial charge in [-0.3, -0.25) is 19.2 Å². The van der Waals surface area contributed by atoms with E-state index < -0.39 is 127 Å². The SMILES string of the molecule is CCOC1C[C@H](C(=O)NCC(F)(F)F)N(c2nc(-c3c[nH]c4ncc(Cl)cc34)ncc2F)C1.CC[C@@](C)(Nc1ccnc(-c2c[nH]c3ncc(Cl)cc23)n1)C(=O)NCC(F)(F)F.CC[C@@](C)(Nc1nc(-c2c[nH]c3ncc(Cl)cc23)ncc1F)C(=O)NCC(F)(F)F.COC1C[C@@H](C(=O)NCC(F)(F)F)N(c2nc(-c3c[nH]c4ncc(Cl)cc34)ncc2F)C1.[HH].[HH].[HH].[HH].[HH].[HH].[HH]. The number of aromatic amines is 4. The van der Waals surface area contributed by atoms with Gasteiger partial charge in [-0.1, -0.05) is 60.3 Å². The van der Waals surface area contributed by atoms with Gasteiger partial charge in [-0.2, -0.15) is 52.7 Å². The number of ether oxygens (including phenoxy) is 2. The molecule has 6 atom stereocenters. The second kappa shape index (κ2) is 38.5. The maximum absolute atomic E-state index is 14.8. The molecule has 0 aromatic carbocycles. The number of fused-ring (bicyclic) bond motifs is 4. The van der Waals surface area contributed by atoms with E-state index in [1.54, 1.807) is 75.1 Å². The number of carbonyl (C=O) groups excluding carboxylic acids is 4. The smallest absolute Gasteiger partial charge is 0.380 e. The fourth-order valence-corrected chi connectivity index (χ4v) is 13.4. The maximum atomic E-state index is 14.8. The summed E-state index contributed by atoms with van der Waals surface area (Å²) >= 11 is 24.0. The van der Waals surface area contributed by atoms with Crippen LogP contribution in [0.1, 0.15) is 70.3 Å². The Morgan fingerprint density at radius 3 is 1.16 bits per heavy atom. The number of nitrogens with one attached hydrogen (secondary N) is 10. The number of carbonyl (C=O) groups is 4. The van der Waals surface area contributed by atoms with Crippen molar-refractivity contribution >= 4 is 137 Å². The topological polar surface area (TPSA) is 383 Å². The van der Waals surface area contributed by atoms with Crippen LogP contribution in [0.5, 0.6) is 0 Å². The number of pyridine rings is 4. The van der Waals surface area contributed by atoms with Crippen molar-refractivity contribution in [2.24, 2.45) is 0 Å². The van der Waals surface area contributed by atoms with Crippen LogP contribution in [-0.4, -0.2) is 216 Å². The van der Waals surface area contributed by atoms with E-state index in [9.17, 15) is 85.0 Å². The predicted molar refractivity (Wildman–Crippen MR) is 442 cm³/mol. The Morgan fingerprint density at radius 1 is 0.460 bits per heavy atom. The van der Waals surface area contributed by atoms with Crippen LogP contribution >= 0.6 is 46.4 Å². The van der Waals surface area contributed by atoms with Gasteiger partial charge in [-0.05, 0) is 63.9 Å². The van der Waals surface area contributed by atoms with Gasteiger partial charge in [0, 0.05) is 149 Å². The molecule has 124 heavy (non-hydrogen) atoms.